The lowest BCUT2D eigenvalue weighted by atomic mass is 10.2. The summed E-state index contributed by atoms with van der Waals surface area (Å²) in [6.45, 7) is 4.15. The third kappa shape index (κ3) is 3.06. The molecule has 4 nitrogen and oxygen atoms in total. The molecular weight excluding hydrogens is 238 g/mol. The molecule has 1 saturated heterocycles. The molecule has 1 aliphatic heterocycles. The van der Waals surface area contributed by atoms with Crippen LogP contribution in [-0.2, 0) is 20.8 Å². The molecule has 0 aromatic carbocycles. The highest BCUT2D eigenvalue weighted by atomic mass is 32.1. The number of amides is 1. The van der Waals surface area contributed by atoms with Crippen molar-refractivity contribution in [2.24, 2.45) is 0 Å². The van der Waals surface area contributed by atoms with Crippen LogP contribution in [-0.4, -0.2) is 43.8 Å². The monoisotopic (exact) mass is 255 g/mol. The summed E-state index contributed by atoms with van der Waals surface area (Å²) in [4.78, 5) is 15.0. The van der Waals surface area contributed by atoms with Crippen molar-refractivity contribution in [3.05, 3.63) is 21.9 Å². The summed E-state index contributed by atoms with van der Waals surface area (Å²) in [6.07, 6.45) is -0.436. The number of thiophene rings is 1. The zero-order valence-electron chi connectivity index (χ0n) is 10.1. The van der Waals surface area contributed by atoms with Crippen LogP contribution in [0.5, 0.6) is 0 Å². The van der Waals surface area contributed by atoms with Gasteiger partial charge in [-0.3, -0.25) is 4.79 Å². The van der Waals surface area contributed by atoms with Crippen molar-refractivity contribution in [2.75, 3.05) is 26.9 Å². The van der Waals surface area contributed by atoms with Crippen LogP contribution in [0.4, 0.5) is 0 Å². The van der Waals surface area contributed by atoms with Gasteiger partial charge in [-0.25, -0.2) is 0 Å². The van der Waals surface area contributed by atoms with Crippen molar-refractivity contribution in [1.29, 1.82) is 0 Å². The van der Waals surface area contributed by atoms with E-state index in [1.165, 1.54) is 10.4 Å². The van der Waals surface area contributed by atoms with Crippen LogP contribution in [0.1, 0.15) is 10.4 Å². The molecule has 17 heavy (non-hydrogen) atoms. The minimum atomic E-state index is -0.436. The number of nitrogens with zero attached hydrogens (tertiary/aromatic N) is 1. The number of carbonyl (C=O) groups excluding carboxylic acids is 1. The smallest absolute Gasteiger partial charge is 0.254 e. The highest BCUT2D eigenvalue weighted by molar-refractivity contribution is 7.10. The van der Waals surface area contributed by atoms with Crippen LogP contribution < -0.4 is 0 Å². The Bertz CT molecular complexity index is 385. The summed E-state index contributed by atoms with van der Waals surface area (Å²) in [6, 6.07) is 2.07. The maximum absolute atomic E-state index is 12.1. The zero-order chi connectivity index (χ0) is 12.3. The first-order valence-electron chi connectivity index (χ1n) is 5.66. The fourth-order valence-corrected chi connectivity index (χ4v) is 2.69. The van der Waals surface area contributed by atoms with Crippen molar-refractivity contribution >= 4 is 17.2 Å². The van der Waals surface area contributed by atoms with Gasteiger partial charge in [0.05, 0.1) is 26.4 Å². The average molecular weight is 255 g/mol. The van der Waals surface area contributed by atoms with E-state index in [2.05, 4.69) is 13.0 Å². The molecule has 1 aromatic rings. The van der Waals surface area contributed by atoms with Crippen LogP contribution in [0.3, 0.4) is 0 Å². The number of carbonyl (C=O) groups is 1. The van der Waals surface area contributed by atoms with Gasteiger partial charge in [-0.15, -0.1) is 11.3 Å². The van der Waals surface area contributed by atoms with E-state index in [9.17, 15) is 4.79 Å². The SMILES string of the molecule is Cc1ccsc1CN(C)C(=O)[C@@H]1COCCO1. The fraction of sp³-hybridized carbons (Fsp3) is 0.583. The highest BCUT2D eigenvalue weighted by Crippen LogP contribution is 2.18. The average Bonchev–Trinajstić information content (AvgIpc) is 2.75. The molecule has 1 amide bonds. The van der Waals surface area contributed by atoms with Crippen molar-refractivity contribution < 1.29 is 14.3 Å². The number of likely N-dealkylation sites (N-methyl/N-ethyl adjacent to an activating group) is 1. The van der Waals surface area contributed by atoms with E-state index in [-0.39, 0.29) is 5.91 Å². The predicted octanol–water partition coefficient (Wildman–Crippen LogP) is 1.43. The summed E-state index contributed by atoms with van der Waals surface area (Å²) >= 11 is 1.68. The van der Waals surface area contributed by atoms with Crippen LogP contribution in [0.25, 0.3) is 0 Å². The van der Waals surface area contributed by atoms with Crippen LogP contribution in [0, 0.1) is 6.92 Å². The Kier molecular flexibility index (Phi) is 4.15. The summed E-state index contributed by atoms with van der Waals surface area (Å²) in [7, 11) is 1.81. The van der Waals surface area contributed by atoms with E-state index in [1.807, 2.05) is 5.38 Å². The summed E-state index contributed by atoms with van der Waals surface area (Å²) < 4.78 is 10.6. The maximum Gasteiger partial charge on any atom is 0.254 e. The van der Waals surface area contributed by atoms with Gasteiger partial charge < -0.3 is 14.4 Å². The van der Waals surface area contributed by atoms with Crippen molar-refractivity contribution in [2.45, 2.75) is 19.6 Å². The highest BCUT2D eigenvalue weighted by Gasteiger charge is 2.25. The second-order valence-electron chi connectivity index (χ2n) is 4.16. The lowest BCUT2D eigenvalue weighted by molar-refractivity contribution is -0.157. The number of aryl methyl sites for hydroxylation is 1. The van der Waals surface area contributed by atoms with E-state index in [0.717, 1.165) is 0 Å². The van der Waals surface area contributed by atoms with Gasteiger partial charge in [-0.05, 0) is 23.9 Å². The Morgan fingerprint density at radius 1 is 1.59 bits per heavy atom. The Balaban J connectivity index is 1.93. The Hall–Kier alpha value is -0.910. The molecule has 0 unspecified atom stereocenters. The number of hydrogen-bond donors (Lipinski definition) is 0. The molecule has 0 radical (unpaired) electrons. The maximum atomic E-state index is 12.1. The molecule has 0 N–H and O–H groups in total. The minimum absolute atomic E-state index is 0.00231. The zero-order valence-corrected chi connectivity index (χ0v) is 11.0. The lowest BCUT2D eigenvalue weighted by Crippen LogP contribution is -2.43. The van der Waals surface area contributed by atoms with Gasteiger partial charge in [0, 0.05) is 11.9 Å². The fourth-order valence-electron chi connectivity index (χ4n) is 1.74. The number of ether oxygens (including phenoxy) is 2. The summed E-state index contributed by atoms with van der Waals surface area (Å²) in [5, 5.41) is 2.04. The van der Waals surface area contributed by atoms with Crippen molar-refractivity contribution in [3.8, 4) is 0 Å². The van der Waals surface area contributed by atoms with E-state index in [0.29, 0.717) is 26.4 Å². The lowest BCUT2D eigenvalue weighted by Gasteiger charge is -2.26. The third-order valence-electron chi connectivity index (χ3n) is 2.82. The third-order valence-corrected chi connectivity index (χ3v) is 3.82. The first-order chi connectivity index (χ1) is 8.18. The molecule has 5 heteroatoms. The summed E-state index contributed by atoms with van der Waals surface area (Å²) in [5.41, 5.74) is 1.23. The Labute approximate surface area is 105 Å². The topological polar surface area (TPSA) is 38.8 Å². The van der Waals surface area contributed by atoms with Crippen LogP contribution in [0.2, 0.25) is 0 Å². The molecule has 1 fully saturated rings. The number of hydrogen-bond acceptors (Lipinski definition) is 4. The first-order valence-corrected chi connectivity index (χ1v) is 6.53. The number of rotatable bonds is 3. The molecule has 2 rings (SSSR count). The van der Waals surface area contributed by atoms with Gasteiger partial charge >= 0.3 is 0 Å². The van der Waals surface area contributed by atoms with E-state index < -0.39 is 6.10 Å². The normalized spacial score (nSPS) is 20.2. The van der Waals surface area contributed by atoms with Gasteiger partial charge in [0.2, 0.25) is 0 Å². The largest absolute Gasteiger partial charge is 0.376 e. The van der Waals surface area contributed by atoms with E-state index >= 15 is 0 Å². The van der Waals surface area contributed by atoms with Gasteiger partial charge in [0.25, 0.3) is 5.91 Å². The second kappa shape index (κ2) is 5.62. The van der Waals surface area contributed by atoms with Crippen molar-refractivity contribution in [1.82, 2.24) is 4.90 Å². The summed E-state index contributed by atoms with van der Waals surface area (Å²) in [5.74, 6) is -0.00231. The van der Waals surface area contributed by atoms with Gasteiger partial charge in [-0.1, -0.05) is 0 Å². The molecule has 0 bridgehead atoms. The molecule has 0 spiro atoms. The Morgan fingerprint density at radius 2 is 2.41 bits per heavy atom. The second-order valence-corrected chi connectivity index (χ2v) is 5.16. The standard InChI is InChI=1S/C12H17NO3S/c1-9-3-6-17-11(9)7-13(2)12(14)10-8-15-4-5-16-10/h3,6,10H,4-5,7-8H2,1-2H3/t10-/m0/s1. The molecule has 1 aromatic heterocycles. The molecule has 0 aliphatic carbocycles. The van der Waals surface area contributed by atoms with E-state index in [1.54, 1.807) is 23.3 Å². The molecule has 1 aliphatic rings. The minimum Gasteiger partial charge on any atom is -0.376 e. The molecule has 2 heterocycles. The van der Waals surface area contributed by atoms with Gasteiger partial charge in [0.1, 0.15) is 0 Å². The Morgan fingerprint density at radius 3 is 3.00 bits per heavy atom. The molecule has 94 valence electrons. The van der Waals surface area contributed by atoms with Crippen LogP contribution >= 0.6 is 11.3 Å². The van der Waals surface area contributed by atoms with Gasteiger partial charge in [-0.2, -0.15) is 0 Å². The molecule has 0 saturated carbocycles. The molecular formula is C12H17NO3S. The molecule has 1 atom stereocenters. The first kappa shape index (κ1) is 12.5. The predicted molar refractivity (Wildman–Crippen MR) is 66.1 cm³/mol. The van der Waals surface area contributed by atoms with Crippen LogP contribution in [0.15, 0.2) is 11.4 Å². The van der Waals surface area contributed by atoms with Crippen molar-refractivity contribution in [3.63, 3.8) is 0 Å². The van der Waals surface area contributed by atoms with Gasteiger partial charge in [0.15, 0.2) is 6.10 Å². The van der Waals surface area contributed by atoms with E-state index in [4.69, 9.17) is 9.47 Å². The quantitative estimate of drug-likeness (QED) is 0.820.